The van der Waals surface area contributed by atoms with Gasteiger partial charge in [-0.2, -0.15) is 5.10 Å². The number of aromatic nitrogens is 2. The summed E-state index contributed by atoms with van der Waals surface area (Å²) in [6.07, 6.45) is 1.76. The van der Waals surface area contributed by atoms with Gasteiger partial charge in [-0.1, -0.05) is 30.3 Å². The van der Waals surface area contributed by atoms with E-state index >= 15 is 0 Å². The highest BCUT2D eigenvalue weighted by atomic mass is 16.2. The number of rotatable bonds is 6. The van der Waals surface area contributed by atoms with E-state index in [0.717, 1.165) is 16.9 Å². The zero-order valence-corrected chi connectivity index (χ0v) is 17.7. The zero-order chi connectivity index (χ0) is 21.6. The van der Waals surface area contributed by atoms with Crippen LogP contribution in [0.1, 0.15) is 21.6 Å². The molecule has 0 saturated carbocycles. The molecule has 7 nitrogen and oxygen atoms in total. The van der Waals surface area contributed by atoms with Crippen LogP contribution in [0.15, 0.2) is 66.9 Å². The monoisotopic (exact) mass is 417 g/mol. The summed E-state index contributed by atoms with van der Waals surface area (Å²) in [5, 5.41) is 7.25. The van der Waals surface area contributed by atoms with E-state index in [1.807, 2.05) is 77.2 Å². The summed E-state index contributed by atoms with van der Waals surface area (Å²) in [4.78, 5) is 29.0. The average molecular weight is 418 g/mol. The number of amides is 2. The van der Waals surface area contributed by atoms with Crippen LogP contribution in [-0.4, -0.2) is 64.1 Å². The number of hydrogen-bond donors (Lipinski definition) is 1. The second-order valence-corrected chi connectivity index (χ2v) is 7.76. The maximum Gasteiger partial charge on any atom is 0.253 e. The smallest absolute Gasteiger partial charge is 0.253 e. The highest BCUT2D eigenvalue weighted by Gasteiger charge is 2.23. The molecule has 2 amide bonds. The first-order chi connectivity index (χ1) is 15.1. The van der Waals surface area contributed by atoms with E-state index in [-0.39, 0.29) is 11.8 Å². The largest absolute Gasteiger partial charge is 0.351 e. The Morgan fingerprint density at radius 3 is 2.29 bits per heavy atom. The molecule has 0 unspecified atom stereocenters. The predicted octanol–water partition coefficient (Wildman–Crippen LogP) is 2.25. The van der Waals surface area contributed by atoms with E-state index < -0.39 is 0 Å². The van der Waals surface area contributed by atoms with Gasteiger partial charge in [0.1, 0.15) is 0 Å². The molecule has 4 rings (SSSR count). The summed E-state index contributed by atoms with van der Waals surface area (Å²) in [5.41, 5.74) is 3.73. The van der Waals surface area contributed by atoms with E-state index in [0.29, 0.717) is 44.8 Å². The zero-order valence-electron chi connectivity index (χ0n) is 17.7. The van der Waals surface area contributed by atoms with Crippen molar-refractivity contribution in [2.75, 3.05) is 32.7 Å². The van der Waals surface area contributed by atoms with Crippen LogP contribution < -0.4 is 5.32 Å². The van der Waals surface area contributed by atoms with E-state index in [9.17, 15) is 9.59 Å². The fourth-order valence-corrected chi connectivity index (χ4v) is 3.73. The maximum absolute atomic E-state index is 12.9. The molecule has 1 aliphatic heterocycles. The van der Waals surface area contributed by atoms with Gasteiger partial charge in [0.05, 0.1) is 12.2 Å². The third kappa shape index (κ3) is 5.19. The fraction of sp³-hybridized carbons (Fsp3) is 0.292. The molecule has 2 aromatic carbocycles. The number of nitrogens with one attached hydrogen (secondary N) is 1. The van der Waals surface area contributed by atoms with Crippen molar-refractivity contribution in [3.05, 3.63) is 83.7 Å². The van der Waals surface area contributed by atoms with Crippen LogP contribution >= 0.6 is 0 Å². The molecule has 0 bridgehead atoms. The normalized spacial score (nSPS) is 14.4. The van der Waals surface area contributed by atoms with Crippen molar-refractivity contribution in [2.24, 2.45) is 0 Å². The fourth-order valence-electron chi connectivity index (χ4n) is 3.73. The third-order valence-corrected chi connectivity index (χ3v) is 5.55. The number of carbonyl (C=O) groups is 2. The molecular formula is C24H27N5O2. The minimum atomic E-state index is 0.00753. The van der Waals surface area contributed by atoms with Crippen LogP contribution in [0.2, 0.25) is 0 Å². The number of aryl methyl sites for hydroxylation is 1. The number of nitrogens with zero attached hydrogens (tertiary/aromatic N) is 4. The molecule has 160 valence electrons. The number of carbonyl (C=O) groups excluding carboxylic acids is 2. The lowest BCUT2D eigenvalue weighted by Gasteiger charge is -2.34. The molecule has 1 saturated heterocycles. The van der Waals surface area contributed by atoms with Crippen LogP contribution in [0.3, 0.4) is 0 Å². The lowest BCUT2D eigenvalue weighted by Crippen LogP contribution is -2.51. The van der Waals surface area contributed by atoms with Gasteiger partial charge in [0, 0.05) is 50.2 Å². The van der Waals surface area contributed by atoms with Crippen molar-refractivity contribution >= 4 is 11.8 Å². The van der Waals surface area contributed by atoms with Crippen molar-refractivity contribution in [1.29, 1.82) is 0 Å². The predicted molar refractivity (Wildman–Crippen MR) is 119 cm³/mol. The van der Waals surface area contributed by atoms with Gasteiger partial charge in [0.15, 0.2) is 0 Å². The molecular weight excluding hydrogens is 390 g/mol. The summed E-state index contributed by atoms with van der Waals surface area (Å²) < 4.78 is 1.84. The second kappa shape index (κ2) is 9.57. The van der Waals surface area contributed by atoms with Gasteiger partial charge in [0.25, 0.3) is 5.91 Å². The lowest BCUT2D eigenvalue weighted by atomic mass is 10.1. The van der Waals surface area contributed by atoms with Gasteiger partial charge >= 0.3 is 0 Å². The summed E-state index contributed by atoms with van der Waals surface area (Å²) in [6.45, 7) is 5.49. The van der Waals surface area contributed by atoms with Gasteiger partial charge in [-0.25, -0.2) is 4.68 Å². The van der Waals surface area contributed by atoms with E-state index in [4.69, 9.17) is 0 Å². The molecule has 0 atom stereocenters. The van der Waals surface area contributed by atoms with Crippen molar-refractivity contribution < 1.29 is 9.59 Å². The van der Waals surface area contributed by atoms with E-state index in [2.05, 4.69) is 15.3 Å². The van der Waals surface area contributed by atoms with Gasteiger partial charge < -0.3 is 10.2 Å². The quantitative estimate of drug-likeness (QED) is 0.668. The molecule has 1 fully saturated rings. The number of hydrogen-bond acceptors (Lipinski definition) is 4. The molecule has 1 aliphatic rings. The molecule has 0 spiro atoms. The van der Waals surface area contributed by atoms with Gasteiger partial charge in [-0.3, -0.25) is 14.5 Å². The van der Waals surface area contributed by atoms with Crippen LogP contribution in [0, 0.1) is 6.92 Å². The molecule has 1 aromatic heterocycles. The Morgan fingerprint density at radius 2 is 1.65 bits per heavy atom. The third-order valence-electron chi connectivity index (χ3n) is 5.55. The first-order valence-electron chi connectivity index (χ1n) is 10.5. The minimum absolute atomic E-state index is 0.00753. The van der Waals surface area contributed by atoms with Gasteiger partial charge in [-0.15, -0.1) is 0 Å². The van der Waals surface area contributed by atoms with Crippen molar-refractivity contribution in [3.8, 4) is 5.69 Å². The first kappa shape index (κ1) is 20.8. The van der Waals surface area contributed by atoms with Crippen molar-refractivity contribution in [1.82, 2.24) is 24.9 Å². The lowest BCUT2D eigenvalue weighted by molar-refractivity contribution is -0.122. The number of benzene rings is 2. The Hall–Kier alpha value is -3.45. The van der Waals surface area contributed by atoms with Gasteiger partial charge in [0.2, 0.25) is 5.91 Å². The summed E-state index contributed by atoms with van der Waals surface area (Å²) in [6, 6.07) is 19.3. The molecule has 3 aromatic rings. The molecule has 0 radical (unpaired) electrons. The van der Waals surface area contributed by atoms with Crippen molar-refractivity contribution in [3.63, 3.8) is 0 Å². The van der Waals surface area contributed by atoms with Crippen LogP contribution in [0.25, 0.3) is 5.69 Å². The minimum Gasteiger partial charge on any atom is -0.351 e. The highest BCUT2D eigenvalue weighted by molar-refractivity contribution is 5.94. The SMILES string of the molecule is Cc1ccnn1-c1ccc(C(=O)N2CCN(CC(=O)NCc3ccccc3)CC2)cc1. The standard InChI is InChI=1S/C24H27N5O2/c1-19-11-12-26-29(19)22-9-7-21(8-10-22)24(31)28-15-13-27(14-16-28)18-23(30)25-17-20-5-3-2-4-6-20/h2-12H,13-18H2,1H3,(H,25,30). The Kier molecular flexibility index (Phi) is 6.43. The molecule has 2 heterocycles. The molecule has 1 N–H and O–H groups in total. The van der Waals surface area contributed by atoms with E-state index in [1.165, 1.54) is 0 Å². The summed E-state index contributed by atoms with van der Waals surface area (Å²) >= 11 is 0. The van der Waals surface area contributed by atoms with Gasteiger partial charge in [-0.05, 0) is 42.8 Å². The summed E-state index contributed by atoms with van der Waals surface area (Å²) in [7, 11) is 0. The van der Waals surface area contributed by atoms with E-state index in [1.54, 1.807) is 6.20 Å². The molecule has 7 heteroatoms. The molecule has 31 heavy (non-hydrogen) atoms. The van der Waals surface area contributed by atoms with Crippen LogP contribution in [0.4, 0.5) is 0 Å². The second-order valence-electron chi connectivity index (χ2n) is 7.76. The van der Waals surface area contributed by atoms with Crippen LogP contribution in [0.5, 0.6) is 0 Å². The number of piperazine rings is 1. The first-order valence-corrected chi connectivity index (χ1v) is 10.5. The topological polar surface area (TPSA) is 70.5 Å². The molecule has 0 aliphatic carbocycles. The average Bonchev–Trinajstić information content (AvgIpc) is 3.24. The highest BCUT2D eigenvalue weighted by Crippen LogP contribution is 2.14. The van der Waals surface area contributed by atoms with Crippen molar-refractivity contribution in [2.45, 2.75) is 13.5 Å². The maximum atomic E-state index is 12.9. The Labute approximate surface area is 182 Å². The Morgan fingerprint density at radius 1 is 0.935 bits per heavy atom. The Balaban J connectivity index is 1.25. The Bertz CT molecular complexity index is 1020. The van der Waals surface area contributed by atoms with Crippen LogP contribution in [-0.2, 0) is 11.3 Å². The summed E-state index contributed by atoms with van der Waals surface area (Å²) in [5.74, 6) is 0.0325.